The molecule has 0 aromatic carbocycles. The summed E-state index contributed by atoms with van der Waals surface area (Å²) in [5, 5.41) is 31.2. The lowest BCUT2D eigenvalue weighted by Crippen LogP contribution is -2.79. The van der Waals surface area contributed by atoms with Crippen molar-refractivity contribution in [1.82, 2.24) is 10.6 Å². The smallest absolute Gasteiger partial charge is 0.339 e. The average molecular weight is 765 g/mol. The molecule has 4 saturated carbocycles. The van der Waals surface area contributed by atoms with Crippen LogP contribution < -0.4 is 10.6 Å². The first-order chi connectivity index (χ1) is 26.4. The molecule has 1 aromatic heterocycles. The number of esters is 2. The van der Waals surface area contributed by atoms with Crippen molar-refractivity contribution in [2.45, 2.75) is 158 Å². The van der Waals surface area contributed by atoms with Crippen molar-refractivity contribution in [3.05, 3.63) is 23.7 Å². The van der Waals surface area contributed by atoms with Gasteiger partial charge in [0.15, 0.2) is 11.9 Å². The highest BCUT2D eigenvalue weighted by atomic mass is 16.7. The number of cyclic esters (lactones) is 2. The third-order valence-corrected chi connectivity index (χ3v) is 17.1. The zero-order valence-electron chi connectivity index (χ0n) is 32.7. The largest absolute Gasteiger partial charge is 0.469 e. The second-order valence-electron chi connectivity index (χ2n) is 19.9. The van der Waals surface area contributed by atoms with Crippen LogP contribution >= 0.6 is 0 Å². The van der Waals surface area contributed by atoms with E-state index in [0.717, 1.165) is 88.7 Å². The number of rotatable bonds is 7. The summed E-state index contributed by atoms with van der Waals surface area (Å²) in [7, 11) is 0. The molecule has 0 amide bonds. The Kier molecular flexibility index (Phi) is 8.62. The van der Waals surface area contributed by atoms with Gasteiger partial charge in [-0.3, -0.25) is 9.59 Å². The lowest BCUT2D eigenvalue weighted by molar-refractivity contribution is -0.275. The number of nitrogens with one attached hydrogen (secondary N) is 2. The minimum absolute atomic E-state index is 0.0131. The van der Waals surface area contributed by atoms with Crippen LogP contribution in [0.1, 0.15) is 122 Å². The fraction of sp³-hybridized carbons (Fsp3) is 0.837. The molecule has 5 aliphatic heterocycles. The number of hydrogen-bond donors (Lipinski definition) is 4. The summed E-state index contributed by atoms with van der Waals surface area (Å²) >= 11 is 0. The van der Waals surface area contributed by atoms with Gasteiger partial charge in [0.1, 0.15) is 30.2 Å². The molecule has 14 unspecified atom stereocenters. The standard InChI is InChI=1S/C43H60N2O10/c1-39(2)34-33(48)35(49)42(25-7-5-4-6-8-25)30(41(34)21-52-32(47)19-31(41)54-39)13-15-40(3)36(53-38(50)37-43(40,42)55-37)27-14-16-51-29(27)18-24-17-23(10-12-28(24)46)9-11-26-20-44-22-45-26/h14,16,23-26,28,30-31,34-37,44-46,49H,4-13,15,17-22H2,1-3H3. The van der Waals surface area contributed by atoms with E-state index >= 15 is 4.79 Å². The Bertz CT molecular complexity index is 1720. The van der Waals surface area contributed by atoms with Gasteiger partial charge in [-0.1, -0.05) is 26.2 Å². The summed E-state index contributed by atoms with van der Waals surface area (Å²) < 4.78 is 32.3. The molecule has 302 valence electrons. The summed E-state index contributed by atoms with van der Waals surface area (Å²) in [6.45, 7) is 7.87. The second-order valence-corrected chi connectivity index (χ2v) is 19.9. The number of aliphatic hydroxyl groups excluding tert-OH is 2. The Morgan fingerprint density at radius 1 is 0.945 bits per heavy atom. The van der Waals surface area contributed by atoms with Gasteiger partial charge in [-0.15, -0.1) is 0 Å². The van der Waals surface area contributed by atoms with Crippen molar-refractivity contribution in [1.29, 1.82) is 0 Å². The van der Waals surface area contributed by atoms with Crippen molar-refractivity contribution in [3.63, 3.8) is 0 Å². The Hall–Kier alpha value is -2.35. The average Bonchev–Trinajstić information content (AvgIpc) is 3.41. The van der Waals surface area contributed by atoms with Crippen LogP contribution in [-0.2, 0) is 39.8 Å². The number of epoxide rings is 1. The van der Waals surface area contributed by atoms with E-state index in [2.05, 4.69) is 17.6 Å². The van der Waals surface area contributed by atoms with Gasteiger partial charge < -0.3 is 44.2 Å². The molecule has 55 heavy (non-hydrogen) atoms. The van der Waals surface area contributed by atoms with Crippen LogP contribution in [0.3, 0.4) is 0 Å². The van der Waals surface area contributed by atoms with Gasteiger partial charge in [-0.25, -0.2) is 4.79 Å². The molecule has 0 radical (unpaired) electrons. The number of carbonyl (C=O) groups excluding carboxylic acids is 3. The molecule has 9 fully saturated rings. The Morgan fingerprint density at radius 3 is 2.55 bits per heavy atom. The molecule has 10 rings (SSSR count). The third kappa shape index (κ3) is 4.93. The first-order valence-corrected chi connectivity index (χ1v) is 21.5. The summed E-state index contributed by atoms with van der Waals surface area (Å²) in [6, 6.07) is 2.41. The normalized spacial score (nSPS) is 48.9. The zero-order chi connectivity index (χ0) is 38.1. The molecule has 5 saturated heterocycles. The molecule has 14 atom stereocenters. The van der Waals surface area contributed by atoms with Crippen molar-refractivity contribution < 1.29 is 48.0 Å². The van der Waals surface area contributed by atoms with Gasteiger partial charge in [-0.05, 0) is 101 Å². The van der Waals surface area contributed by atoms with Gasteiger partial charge in [0.05, 0.1) is 36.4 Å². The van der Waals surface area contributed by atoms with Crippen LogP contribution in [0, 0.1) is 45.8 Å². The van der Waals surface area contributed by atoms with E-state index in [9.17, 15) is 19.8 Å². The molecule has 6 heterocycles. The Morgan fingerprint density at radius 2 is 1.76 bits per heavy atom. The van der Waals surface area contributed by atoms with E-state index in [1.165, 1.54) is 0 Å². The predicted octanol–water partition coefficient (Wildman–Crippen LogP) is 4.29. The van der Waals surface area contributed by atoms with E-state index in [-0.39, 0.29) is 42.5 Å². The minimum Gasteiger partial charge on any atom is -0.469 e. The van der Waals surface area contributed by atoms with Crippen molar-refractivity contribution >= 4 is 17.7 Å². The Labute approximate surface area is 323 Å². The molecule has 4 aliphatic carbocycles. The van der Waals surface area contributed by atoms with Gasteiger partial charge >= 0.3 is 11.9 Å². The number of fused-ring (bicyclic) bond motifs is 1. The maximum atomic E-state index is 15.2. The first kappa shape index (κ1) is 37.0. The zero-order valence-corrected chi connectivity index (χ0v) is 32.7. The van der Waals surface area contributed by atoms with Gasteiger partial charge in [0, 0.05) is 47.5 Å². The quantitative estimate of drug-likeness (QED) is 0.230. The monoisotopic (exact) mass is 764 g/mol. The van der Waals surface area contributed by atoms with Gasteiger partial charge in [-0.2, -0.15) is 0 Å². The topological polar surface area (TPSA) is 169 Å². The highest BCUT2D eigenvalue weighted by molar-refractivity contribution is 5.92. The van der Waals surface area contributed by atoms with Crippen LogP contribution in [0.25, 0.3) is 0 Å². The minimum atomic E-state index is -1.39. The van der Waals surface area contributed by atoms with Crippen molar-refractivity contribution in [2.24, 2.45) is 45.8 Å². The SMILES string of the molecule is CC1(C)OC2CC(=O)OCC23C1C(=O)C(O)C1(C2CCCCC2)C3CCC2(C)C(c3ccoc3CC3CC(CCC4CNCN4)CCC3O)OC(=O)C3OC321. The molecule has 0 bridgehead atoms. The summed E-state index contributed by atoms with van der Waals surface area (Å²) in [6.07, 6.45) is 9.01. The Balaban J connectivity index is 1.03. The summed E-state index contributed by atoms with van der Waals surface area (Å²) in [4.78, 5) is 42.4. The second kappa shape index (κ2) is 12.8. The fourth-order valence-corrected chi connectivity index (χ4v) is 15.0. The molecular weight excluding hydrogens is 704 g/mol. The highest BCUT2D eigenvalue weighted by Crippen LogP contribution is 2.82. The molecule has 12 heteroatoms. The molecule has 2 spiro atoms. The number of carbonyl (C=O) groups is 3. The van der Waals surface area contributed by atoms with E-state index in [1.807, 2.05) is 19.9 Å². The maximum Gasteiger partial charge on any atom is 0.339 e. The first-order valence-electron chi connectivity index (χ1n) is 21.5. The van der Waals surface area contributed by atoms with Crippen molar-refractivity contribution in [2.75, 3.05) is 19.8 Å². The summed E-state index contributed by atoms with van der Waals surface area (Å²) in [5.41, 5.74) is -4.10. The molecular formula is C43H60N2O10. The molecule has 4 N–H and O–H groups in total. The van der Waals surface area contributed by atoms with E-state index in [1.54, 1.807) is 6.26 Å². The van der Waals surface area contributed by atoms with E-state index in [0.29, 0.717) is 31.2 Å². The highest BCUT2D eigenvalue weighted by Gasteiger charge is 2.92. The fourth-order valence-electron chi connectivity index (χ4n) is 15.0. The van der Waals surface area contributed by atoms with E-state index in [4.69, 9.17) is 23.4 Å². The van der Waals surface area contributed by atoms with Crippen molar-refractivity contribution in [3.8, 4) is 0 Å². The van der Waals surface area contributed by atoms with Crippen LogP contribution in [0.15, 0.2) is 16.7 Å². The molecule has 12 nitrogen and oxygen atoms in total. The molecule has 9 aliphatic rings. The van der Waals surface area contributed by atoms with E-state index < -0.39 is 69.9 Å². The van der Waals surface area contributed by atoms with Crippen LogP contribution in [-0.4, -0.2) is 89.4 Å². The lowest BCUT2D eigenvalue weighted by Gasteiger charge is -2.70. The van der Waals surface area contributed by atoms with Crippen LogP contribution in [0.2, 0.25) is 0 Å². The number of ketones is 1. The maximum absolute atomic E-state index is 15.2. The predicted molar refractivity (Wildman–Crippen MR) is 196 cm³/mol. The lowest BCUT2D eigenvalue weighted by atomic mass is 9.33. The number of furan rings is 1. The number of hydrogen-bond acceptors (Lipinski definition) is 12. The number of Topliss-reactive ketones (excluding diaryl/α,β-unsaturated/α-hetero) is 1. The number of aliphatic hydroxyl groups is 2. The molecule has 1 aromatic rings. The van der Waals surface area contributed by atoms with Gasteiger partial charge in [0.2, 0.25) is 0 Å². The third-order valence-electron chi connectivity index (χ3n) is 17.1. The summed E-state index contributed by atoms with van der Waals surface area (Å²) in [5.74, 6) is -0.874. The number of ether oxygens (including phenoxy) is 4. The van der Waals surface area contributed by atoms with Crippen LogP contribution in [0.5, 0.6) is 0 Å². The van der Waals surface area contributed by atoms with Crippen LogP contribution in [0.4, 0.5) is 0 Å². The van der Waals surface area contributed by atoms with Gasteiger partial charge in [0.25, 0.3) is 0 Å².